The van der Waals surface area contributed by atoms with Crippen LogP contribution in [0.3, 0.4) is 0 Å². The van der Waals surface area contributed by atoms with Crippen molar-refractivity contribution in [3.63, 3.8) is 0 Å². The first kappa shape index (κ1) is 15.6. The van der Waals surface area contributed by atoms with Gasteiger partial charge in [-0.3, -0.25) is 0 Å². The Bertz CT molecular complexity index is 895. The second-order valence-corrected chi connectivity index (χ2v) is 5.93. The van der Waals surface area contributed by atoms with Gasteiger partial charge in [-0.1, -0.05) is 30.7 Å². The zero-order valence-corrected chi connectivity index (χ0v) is 13.8. The normalized spacial score (nSPS) is 10.9. The minimum atomic E-state index is -0.330. The molecule has 0 saturated heterocycles. The Kier molecular flexibility index (Phi) is 4.39. The predicted molar refractivity (Wildman–Crippen MR) is 92.4 cm³/mol. The molecule has 2 aromatic carbocycles. The van der Waals surface area contributed by atoms with Crippen LogP contribution in [0.2, 0.25) is 5.02 Å². The van der Waals surface area contributed by atoms with Crippen molar-refractivity contribution in [2.45, 2.75) is 26.9 Å². The third-order valence-corrected chi connectivity index (χ3v) is 3.97. The maximum absolute atomic E-state index is 11.7. The van der Waals surface area contributed by atoms with Crippen LogP contribution in [-0.4, -0.2) is 0 Å². The summed E-state index contributed by atoms with van der Waals surface area (Å²) in [5.74, 6) is 0.732. The minimum absolute atomic E-state index is 0.330. The van der Waals surface area contributed by atoms with Gasteiger partial charge in [0.1, 0.15) is 17.9 Å². The molecule has 0 unspecified atom stereocenters. The number of halogens is 1. The van der Waals surface area contributed by atoms with Crippen molar-refractivity contribution in [3.8, 4) is 5.75 Å². The van der Waals surface area contributed by atoms with Crippen LogP contribution >= 0.6 is 11.6 Å². The Hall–Kier alpha value is -2.26. The van der Waals surface area contributed by atoms with Gasteiger partial charge in [-0.05, 0) is 54.3 Å². The average Bonchev–Trinajstić information content (AvgIpc) is 2.52. The molecule has 1 aromatic heterocycles. The molecule has 0 bridgehead atoms. The highest BCUT2D eigenvalue weighted by Crippen LogP contribution is 2.30. The lowest BCUT2D eigenvalue weighted by atomic mass is 10.0. The summed E-state index contributed by atoms with van der Waals surface area (Å²) < 4.78 is 11.3. The number of hydrogen-bond acceptors (Lipinski definition) is 3. The summed E-state index contributed by atoms with van der Waals surface area (Å²) in [5.41, 5.74) is 3.19. The maximum Gasteiger partial charge on any atom is 0.336 e. The molecule has 0 spiro atoms. The standard InChI is InChI=1S/C19H17ClO3/c1-3-14-10-18(21)23-17-9-12(2)8-16(19(14)17)22-11-13-4-6-15(20)7-5-13/h4-10H,3,11H2,1-2H3. The topological polar surface area (TPSA) is 39.4 Å². The Morgan fingerprint density at radius 2 is 1.87 bits per heavy atom. The summed E-state index contributed by atoms with van der Waals surface area (Å²) in [5, 5.41) is 1.57. The number of aryl methyl sites for hydroxylation is 2. The van der Waals surface area contributed by atoms with E-state index in [4.69, 9.17) is 20.8 Å². The second-order valence-electron chi connectivity index (χ2n) is 5.50. The van der Waals surface area contributed by atoms with Crippen LogP contribution in [0.15, 0.2) is 51.7 Å². The summed E-state index contributed by atoms with van der Waals surface area (Å²) in [6, 6.07) is 12.9. The van der Waals surface area contributed by atoms with E-state index in [-0.39, 0.29) is 5.63 Å². The van der Waals surface area contributed by atoms with E-state index in [1.165, 1.54) is 6.07 Å². The van der Waals surface area contributed by atoms with Gasteiger partial charge in [-0.2, -0.15) is 0 Å². The van der Waals surface area contributed by atoms with E-state index in [1.807, 2.05) is 50.2 Å². The van der Waals surface area contributed by atoms with Gasteiger partial charge in [-0.25, -0.2) is 4.79 Å². The SMILES string of the molecule is CCc1cc(=O)oc2cc(C)cc(OCc3ccc(Cl)cc3)c12. The molecule has 4 heteroatoms. The fourth-order valence-corrected chi connectivity index (χ4v) is 2.73. The van der Waals surface area contributed by atoms with Crippen molar-refractivity contribution in [2.24, 2.45) is 0 Å². The third kappa shape index (κ3) is 3.40. The molecule has 0 aliphatic rings. The van der Waals surface area contributed by atoms with Gasteiger partial charge in [0.25, 0.3) is 0 Å². The molecule has 3 rings (SSSR count). The van der Waals surface area contributed by atoms with Gasteiger partial charge < -0.3 is 9.15 Å². The van der Waals surface area contributed by atoms with E-state index in [0.29, 0.717) is 17.2 Å². The van der Waals surface area contributed by atoms with Crippen LogP contribution in [0.4, 0.5) is 0 Å². The first-order valence-electron chi connectivity index (χ1n) is 7.51. The van der Waals surface area contributed by atoms with Crippen molar-refractivity contribution in [1.82, 2.24) is 0 Å². The van der Waals surface area contributed by atoms with Crippen molar-refractivity contribution in [1.29, 1.82) is 0 Å². The van der Waals surface area contributed by atoms with Crippen molar-refractivity contribution in [3.05, 3.63) is 74.6 Å². The second kappa shape index (κ2) is 6.47. The van der Waals surface area contributed by atoms with Crippen LogP contribution < -0.4 is 10.4 Å². The van der Waals surface area contributed by atoms with E-state index >= 15 is 0 Å². The molecule has 0 atom stereocenters. The lowest BCUT2D eigenvalue weighted by Crippen LogP contribution is -2.03. The highest BCUT2D eigenvalue weighted by Gasteiger charge is 2.12. The summed E-state index contributed by atoms with van der Waals surface area (Å²) in [6.07, 6.45) is 0.739. The van der Waals surface area contributed by atoms with E-state index in [9.17, 15) is 4.79 Å². The third-order valence-electron chi connectivity index (χ3n) is 3.72. The summed E-state index contributed by atoms with van der Waals surface area (Å²) in [4.78, 5) is 11.7. The molecule has 0 radical (unpaired) electrons. The van der Waals surface area contributed by atoms with Gasteiger partial charge in [-0.15, -0.1) is 0 Å². The fraction of sp³-hybridized carbons (Fsp3) is 0.211. The van der Waals surface area contributed by atoms with Gasteiger partial charge in [0, 0.05) is 11.1 Å². The molecule has 0 fully saturated rings. The molecular weight excluding hydrogens is 312 g/mol. The molecule has 0 aliphatic carbocycles. The fourth-order valence-electron chi connectivity index (χ4n) is 2.60. The van der Waals surface area contributed by atoms with Gasteiger partial charge in [0.15, 0.2) is 0 Å². The number of fused-ring (bicyclic) bond motifs is 1. The Morgan fingerprint density at radius 1 is 1.13 bits per heavy atom. The van der Waals surface area contributed by atoms with E-state index in [0.717, 1.165) is 34.2 Å². The van der Waals surface area contributed by atoms with Crippen LogP contribution in [0.1, 0.15) is 23.6 Å². The maximum atomic E-state index is 11.7. The van der Waals surface area contributed by atoms with Gasteiger partial charge in [0.05, 0.1) is 5.39 Å². The van der Waals surface area contributed by atoms with Crippen LogP contribution in [0.25, 0.3) is 11.0 Å². The lowest BCUT2D eigenvalue weighted by Gasteiger charge is -2.12. The Balaban J connectivity index is 2.02. The summed E-state index contributed by atoms with van der Waals surface area (Å²) in [7, 11) is 0. The first-order chi connectivity index (χ1) is 11.1. The summed E-state index contributed by atoms with van der Waals surface area (Å²) >= 11 is 5.90. The lowest BCUT2D eigenvalue weighted by molar-refractivity contribution is 0.309. The quantitative estimate of drug-likeness (QED) is 0.640. The monoisotopic (exact) mass is 328 g/mol. The Labute approximate surface area is 139 Å². The van der Waals surface area contributed by atoms with E-state index in [1.54, 1.807) is 0 Å². The molecule has 0 aliphatic heterocycles. The number of benzene rings is 2. The molecule has 3 aromatic rings. The number of rotatable bonds is 4. The molecule has 3 nitrogen and oxygen atoms in total. The smallest absolute Gasteiger partial charge is 0.336 e. The molecule has 0 saturated carbocycles. The Morgan fingerprint density at radius 3 is 2.57 bits per heavy atom. The van der Waals surface area contributed by atoms with Crippen molar-refractivity contribution >= 4 is 22.6 Å². The van der Waals surface area contributed by atoms with Crippen LogP contribution in [0.5, 0.6) is 5.75 Å². The van der Waals surface area contributed by atoms with Crippen molar-refractivity contribution < 1.29 is 9.15 Å². The van der Waals surface area contributed by atoms with Crippen LogP contribution in [-0.2, 0) is 13.0 Å². The molecule has 23 heavy (non-hydrogen) atoms. The average molecular weight is 329 g/mol. The zero-order valence-electron chi connectivity index (χ0n) is 13.1. The molecule has 0 N–H and O–H groups in total. The summed E-state index contributed by atoms with van der Waals surface area (Å²) in [6.45, 7) is 4.39. The first-order valence-corrected chi connectivity index (χ1v) is 7.89. The number of hydrogen-bond donors (Lipinski definition) is 0. The predicted octanol–water partition coefficient (Wildman–Crippen LogP) is 4.90. The molecule has 118 valence electrons. The molecule has 1 heterocycles. The highest BCUT2D eigenvalue weighted by atomic mass is 35.5. The van der Waals surface area contributed by atoms with Gasteiger partial charge in [0.2, 0.25) is 0 Å². The molecule has 0 amide bonds. The van der Waals surface area contributed by atoms with Gasteiger partial charge >= 0.3 is 5.63 Å². The number of ether oxygens (including phenoxy) is 1. The minimum Gasteiger partial charge on any atom is -0.488 e. The highest BCUT2D eigenvalue weighted by molar-refractivity contribution is 6.30. The van der Waals surface area contributed by atoms with Crippen molar-refractivity contribution in [2.75, 3.05) is 0 Å². The van der Waals surface area contributed by atoms with Crippen LogP contribution in [0, 0.1) is 6.92 Å². The zero-order chi connectivity index (χ0) is 16.4. The van der Waals surface area contributed by atoms with E-state index in [2.05, 4.69) is 0 Å². The molecular formula is C19H17ClO3. The largest absolute Gasteiger partial charge is 0.488 e. The van der Waals surface area contributed by atoms with E-state index < -0.39 is 0 Å².